The fourth-order valence-corrected chi connectivity index (χ4v) is 4.08. The minimum Gasteiger partial charge on any atom is -0.427 e. The summed E-state index contributed by atoms with van der Waals surface area (Å²) in [6.07, 6.45) is 14.9. The Kier molecular flexibility index (Phi) is 6.76. The summed E-state index contributed by atoms with van der Waals surface area (Å²) in [4.78, 5) is 13.9. The zero-order valence-corrected chi connectivity index (χ0v) is 12.8. The van der Waals surface area contributed by atoms with Gasteiger partial charge in [0.25, 0.3) is 6.26 Å². The molecule has 0 unspecified atom stereocenters. The van der Waals surface area contributed by atoms with Crippen LogP contribution in [0.25, 0.3) is 0 Å². The maximum absolute atomic E-state index is 10.1. The number of isocyanates is 1. The number of hydrogen-bond donors (Lipinski definition) is 0. The zero-order chi connectivity index (χ0) is 14.9. The third-order valence-electron chi connectivity index (χ3n) is 5.40. The second-order valence-electron chi connectivity index (χ2n) is 6.84. The monoisotopic (exact) mass is 290 g/mol. The van der Waals surface area contributed by atoms with Crippen LogP contribution in [-0.4, -0.2) is 19.2 Å². The van der Waals surface area contributed by atoms with Crippen molar-refractivity contribution in [3.8, 4) is 6.26 Å². The van der Waals surface area contributed by atoms with E-state index in [-0.39, 0.29) is 0 Å². The molecule has 0 N–H and O–H groups in total. The van der Waals surface area contributed by atoms with Crippen molar-refractivity contribution < 1.29 is 9.53 Å². The lowest BCUT2D eigenvalue weighted by atomic mass is 9.73. The molecule has 0 radical (unpaired) electrons. The van der Waals surface area contributed by atoms with Gasteiger partial charge in [-0.25, -0.2) is 9.79 Å². The van der Waals surface area contributed by atoms with E-state index in [1.165, 1.54) is 57.8 Å². The first kappa shape index (κ1) is 16.0. The lowest BCUT2D eigenvalue weighted by Gasteiger charge is -2.33. The third kappa shape index (κ3) is 5.52. The Balaban J connectivity index is 1.61. The van der Waals surface area contributed by atoms with Gasteiger partial charge in [-0.15, -0.1) is 0 Å². The molecule has 2 fully saturated rings. The highest BCUT2D eigenvalue weighted by Gasteiger charge is 2.27. The molecule has 0 aliphatic heterocycles. The van der Waals surface area contributed by atoms with E-state index in [0.717, 1.165) is 11.8 Å². The SMILES string of the molecule is N#COCC1CCC(CC2CCC(CN=C=O)CC2)CC1. The van der Waals surface area contributed by atoms with Gasteiger partial charge in [0.15, 0.2) is 0 Å². The second-order valence-corrected chi connectivity index (χ2v) is 6.84. The Morgan fingerprint density at radius 2 is 1.43 bits per heavy atom. The van der Waals surface area contributed by atoms with E-state index in [1.54, 1.807) is 12.3 Å². The van der Waals surface area contributed by atoms with Crippen molar-refractivity contribution >= 4 is 6.08 Å². The number of rotatable bonds is 6. The number of hydrogen-bond acceptors (Lipinski definition) is 4. The lowest BCUT2D eigenvalue weighted by Crippen LogP contribution is -2.23. The maximum Gasteiger partial charge on any atom is 0.286 e. The fourth-order valence-electron chi connectivity index (χ4n) is 4.08. The minimum atomic E-state index is 0.595. The van der Waals surface area contributed by atoms with Gasteiger partial charge in [0, 0.05) is 0 Å². The van der Waals surface area contributed by atoms with Crippen molar-refractivity contribution in [3.05, 3.63) is 0 Å². The van der Waals surface area contributed by atoms with Gasteiger partial charge in [0.1, 0.15) is 6.61 Å². The van der Waals surface area contributed by atoms with E-state index in [0.29, 0.717) is 25.0 Å². The summed E-state index contributed by atoms with van der Waals surface area (Å²) in [7, 11) is 0. The van der Waals surface area contributed by atoms with Crippen LogP contribution in [0.4, 0.5) is 0 Å². The second kappa shape index (κ2) is 8.85. The lowest BCUT2D eigenvalue weighted by molar-refractivity contribution is 0.142. The fraction of sp³-hybridized carbons (Fsp3) is 0.882. The van der Waals surface area contributed by atoms with Gasteiger partial charge in [0.05, 0.1) is 6.54 Å². The van der Waals surface area contributed by atoms with Crippen LogP contribution >= 0.6 is 0 Å². The smallest absolute Gasteiger partial charge is 0.286 e. The van der Waals surface area contributed by atoms with Crippen LogP contribution in [0.15, 0.2) is 4.99 Å². The van der Waals surface area contributed by atoms with Crippen LogP contribution < -0.4 is 0 Å². The Labute approximate surface area is 127 Å². The highest BCUT2D eigenvalue weighted by Crippen LogP contribution is 2.38. The van der Waals surface area contributed by atoms with Gasteiger partial charge in [-0.05, 0) is 55.8 Å². The molecular formula is C17H26N2O2. The molecule has 2 aliphatic carbocycles. The Morgan fingerprint density at radius 3 is 1.95 bits per heavy atom. The molecule has 0 aromatic carbocycles. The molecule has 0 saturated heterocycles. The van der Waals surface area contributed by atoms with Crippen LogP contribution in [-0.2, 0) is 9.53 Å². The Hall–Kier alpha value is -1.33. The molecule has 0 aromatic rings. The van der Waals surface area contributed by atoms with E-state index in [2.05, 4.69) is 4.99 Å². The molecule has 0 atom stereocenters. The van der Waals surface area contributed by atoms with Crippen molar-refractivity contribution in [2.45, 2.75) is 57.8 Å². The van der Waals surface area contributed by atoms with E-state index in [9.17, 15) is 4.79 Å². The van der Waals surface area contributed by atoms with Gasteiger partial charge in [0.2, 0.25) is 6.08 Å². The van der Waals surface area contributed by atoms with Crippen LogP contribution in [0, 0.1) is 35.2 Å². The molecule has 4 heteroatoms. The van der Waals surface area contributed by atoms with Gasteiger partial charge in [-0.2, -0.15) is 5.26 Å². The van der Waals surface area contributed by atoms with Gasteiger partial charge in [-0.3, -0.25) is 0 Å². The largest absolute Gasteiger partial charge is 0.427 e. The van der Waals surface area contributed by atoms with Crippen molar-refractivity contribution in [1.29, 1.82) is 5.26 Å². The molecule has 116 valence electrons. The van der Waals surface area contributed by atoms with Crippen molar-refractivity contribution in [2.75, 3.05) is 13.2 Å². The number of nitrogens with zero attached hydrogens (tertiary/aromatic N) is 2. The van der Waals surface area contributed by atoms with E-state index < -0.39 is 0 Å². The first-order chi connectivity index (χ1) is 10.3. The molecule has 0 bridgehead atoms. The summed E-state index contributed by atoms with van der Waals surface area (Å²) in [6, 6.07) is 0. The van der Waals surface area contributed by atoms with E-state index in [1.807, 2.05) is 0 Å². The molecule has 0 amide bonds. The summed E-state index contributed by atoms with van der Waals surface area (Å²) in [5.41, 5.74) is 0. The summed E-state index contributed by atoms with van der Waals surface area (Å²) in [6.45, 7) is 1.30. The number of ether oxygens (including phenoxy) is 1. The molecule has 0 aromatic heterocycles. The Morgan fingerprint density at radius 1 is 0.905 bits per heavy atom. The van der Waals surface area contributed by atoms with E-state index in [4.69, 9.17) is 10.00 Å². The van der Waals surface area contributed by atoms with Crippen molar-refractivity contribution in [1.82, 2.24) is 0 Å². The number of aliphatic imine (C=N–C) groups is 1. The number of carbonyl (C=O) groups excluding carboxylic acids is 1. The van der Waals surface area contributed by atoms with Crippen molar-refractivity contribution in [2.24, 2.45) is 28.7 Å². The molecule has 2 rings (SSSR count). The molecule has 0 spiro atoms. The predicted octanol–water partition coefficient (Wildman–Crippen LogP) is 3.82. The molecule has 2 saturated carbocycles. The molecule has 21 heavy (non-hydrogen) atoms. The van der Waals surface area contributed by atoms with Gasteiger partial charge < -0.3 is 4.74 Å². The summed E-state index contributed by atoms with van der Waals surface area (Å²) in [5.74, 6) is 2.95. The van der Waals surface area contributed by atoms with Gasteiger partial charge in [-0.1, -0.05) is 25.7 Å². The van der Waals surface area contributed by atoms with Gasteiger partial charge >= 0.3 is 0 Å². The normalized spacial score (nSPS) is 32.7. The van der Waals surface area contributed by atoms with Crippen LogP contribution in [0.2, 0.25) is 0 Å². The molecule has 2 aliphatic rings. The molecule has 0 heterocycles. The summed E-state index contributed by atoms with van der Waals surface area (Å²) < 4.78 is 4.87. The number of nitriles is 1. The predicted molar refractivity (Wildman–Crippen MR) is 80.1 cm³/mol. The first-order valence-electron chi connectivity index (χ1n) is 8.36. The highest BCUT2D eigenvalue weighted by molar-refractivity contribution is 5.32. The standard InChI is InChI=1S/C17H26N2O2/c18-12-21-11-17-7-3-15(4-8-17)9-14-1-5-16(6-2-14)10-19-13-20/h14-17H,1-11H2. The molecular weight excluding hydrogens is 264 g/mol. The zero-order valence-electron chi connectivity index (χ0n) is 12.8. The Bertz CT molecular complexity index is 382. The van der Waals surface area contributed by atoms with Crippen LogP contribution in [0.3, 0.4) is 0 Å². The highest BCUT2D eigenvalue weighted by atomic mass is 16.5. The van der Waals surface area contributed by atoms with E-state index >= 15 is 0 Å². The molecule has 4 nitrogen and oxygen atoms in total. The average molecular weight is 290 g/mol. The minimum absolute atomic E-state index is 0.595. The van der Waals surface area contributed by atoms with Crippen LogP contribution in [0.5, 0.6) is 0 Å². The third-order valence-corrected chi connectivity index (χ3v) is 5.40. The average Bonchev–Trinajstić information content (AvgIpc) is 2.53. The summed E-state index contributed by atoms with van der Waals surface area (Å²) >= 11 is 0. The maximum atomic E-state index is 10.1. The quantitative estimate of drug-likeness (QED) is 0.424. The first-order valence-corrected chi connectivity index (χ1v) is 8.36. The summed E-state index contributed by atoms with van der Waals surface area (Å²) in [5, 5.41) is 8.44. The van der Waals surface area contributed by atoms with Crippen LogP contribution in [0.1, 0.15) is 57.8 Å². The topological polar surface area (TPSA) is 62.4 Å². The van der Waals surface area contributed by atoms with Crippen molar-refractivity contribution in [3.63, 3.8) is 0 Å².